The van der Waals surface area contributed by atoms with Crippen molar-refractivity contribution in [1.29, 1.82) is 0 Å². The molecule has 0 saturated heterocycles. The molecule has 0 radical (unpaired) electrons. The number of fused-ring (bicyclic) bond motifs is 1. The first-order valence-corrected chi connectivity index (χ1v) is 6.65. The van der Waals surface area contributed by atoms with Crippen LogP contribution in [0, 0.1) is 17.8 Å². The number of carbonyl (C=O) groups is 1. The van der Waals surface area contributed by atoms with E-state index in [-0.39, 0.29) is 5.91 Å². The van der Waals surface area contributed by atoms with Crippen molar-refractivity contribution < 1.29 is 4.79 Å². The minimum Gasteiger partial charge on any atom is -0.315 e. The minimum absolute atomic E-state index is 0.209. The van der Waals surface area contributed by atoms with Crippen LogP contribution in [-0.4, -0.2) is 13.0 Å². The van der Waals surface area contributed by atoms with Crippen LogP contribution in [0.4, 0.5) is 5.69 Å². The Balaban J connectivity index is 1.95. The largest absolute Gasteiger partial charge is 0.315 e. The zero-order valence-corrected chi connectivity index (χ0v) is 10.7. The fourth-order valence-corrected chi connectivity index (χ4v) is 2.31. The molecule has 92 valence electrons. The zero-order valence-electron chi connectivity index (χ0n) is 10.7. The second kappa shape index (κ2) is 4.49. The van der Waals surface area contributed by atoms with Crippen LogP contribution in [0.15, 0.2) is 18.2 Å². The van der Waals surface area contributed by atoms with Crippen LogP contribution in [0.2, 0.25) is 0 Å². The molecule has 18 heavy (non-hydrogen) atoms. The fourth-order valence-electron chi connectivity index (χ4n) is 2.31. The lowest BCUT2D eigenvalue weighted by molar-refractivity contribution is -0.118. The predicted molar refractivity (Wildman–Crippen MR) is 72.4 cm³/mol. The van der Waals surface area contributed by atoms with Crippen LogP contribution >= 0.6 is 0 Å². The Morgan fingerprint density at radius 2 is 2.11 bits per heavy atom. The standard InChI is InChI=1S/C16H17NO/c1-17-15-11-13(8-7-12-5-6-12)9-10-14(15)3-2-4-16(17)18/h9-12H,2-6H2,1H3. The van der Waals surface area contributed by atoms with Crippen LogP contribution in [0.1, 0.15) is 36.8 Å². The first kappa shape index (κ1) is 11.3. The lowest BCUT2D eigenvalue weighted by atomic mass is 10.0. The van der Waals surface area contributed by atoms with Crippen molar-refractivity contribution >= 4 is 11.6 Å². The Hall–Kier alpha value is -1.75. The highest BCUT2D eigenvalue weighted by molar-refractivity contribution is 5.94. The summed E-state index contributed by atoms with van der Waals surface area (Å²) in [5.41, 5.74) is 3.34. The molecule has 1 aromatic carbocycles. The third kappa shape index (κ3) is 2.26. The van der Waals surface area contributed by atoms with Gasteiger partial charge in [0.25, 0.3) is 0 Å². The van der Waals surface area contributed by atoms with Gasteiger partial charge in [-0.3, -0.25) is 4.79 Å². The topological polar surface area (TPSA) is 20.3 Å². The van der Waals surface area contributed by atoms with E-state index in [2.05, 4.69) is 30.0 Å². The molecule has 1 aliphatic carbocycles. The van der Waals surface area contributed by atoms with Crippen molar-refractivity contribution in [2.24, 2.45) is 5.92 Å². The maximum absolute atomic E-state index is 11.9. The summed E-state index contributed by atoms with van der Waals surface area (Å²) in [5, 5.41) is 0. The molecule has 0 unspecified atom stereocenters. The predicted octanol–water partition coefficient (Wildman–Crippen LogP) is 2.75. The van der Waals surface area contributed by atoms with Crippen molar-refractivity contribution in [3.05, 3.63) is 29.3 Å². The smallest absolute Gasteiger partial charge is 0.226 e. The molecule has 1 heterocycles. The number of hydrogen-bond acceptors (Lipinski definition) is 1. The highest BCUT2D eigenvalue weighted by Gasteiger charge is 2.19. The van der Waals surface area contributed by atoms with Gasteiger partial charge in [0, 0.05) is 30.6 Å². The van der Waals surface area contributed by atoms with E-state index in [0.717, 1.165) is 24.1 Å². The number of rotatable bonds is 0. The average Bonchev–Trinajstić information content (AvgIpc) is 3.20. The summed E-state index contributed by atoms with van der Waals surface area (Å²) in [7, 11) is 1.87. The number of hydrogen-bond donors (Lipinski definition) is 0. The lowest BCUT2D eigenvalue weighted by Crippen LogP contribution is -2.25. The molecule has 3 rings (SSSR count). The molecule has 0 N–H and O–H groups in total. The highest BCUT2D eigenvalue weighted by atomic mass is 16.2. The quantitative estimate of drug-likeness (QED) is 0.637. The van der Waals surface area contributed by atoms with E-state index in [1.54, 1.807) is 4.90 Å². The lowest BCUT2D eigenvalue weighted by Gasteiger charge is -2.17. The molecule has 0 spiro atoms. The van der Waals surface area contributed by atoms with E-state index in [0.29, 0.717) is 12.3 Å². The van der Waals surface area contributed by atoms with Crippen LogP contribution in [0.3, 0.4) is 0 Å². The number of aryl methyl sites for hydroxylation is 1. The molecule has 1 aliphatic heterocycles. The number of nitrogens with zero attached hydrogens (tertiary/aromatic N) is 1. The SMILES string of the molecule is CN1C(=O)CCCc2ccc(C#CC3CC3)cc21. The normalized spacial score (nSPS) is 18.7. The van der Waals surface area contributed by atoms with Crippen LogP contribution in [0.5, 0.6) is 0 Å². The van der Waals surface area contributed by atoms with E-state index in [1.165, 1.54) is 18.4 Å². The molecule has 1 aromatic rings. The Morgan fingerprint density at radius 1 is 1.28 bits per heavy atom. The molecule has 2 aliphatic rings. The van der Waals surface area contributed by atoms with E-state index < -0.39 is 0 Å². The molecule has 0 bridgehead atoms. The summed E-state index contributed by atoms with van der Waals surface area (Å²) in [6, 6.07) is 6.27. The van der Waals surface area contributed by atoms with E-state index >= 15 is 0 Å². The van der Waals surface area contributed by atoms with Gasteiger partial charge in [0.2, 0.25) is 5.91 Å². The number of carbonyl (C=O) groups excluding carboxylic acids is 1. The van der Waals surface area contributed by atoms with Crippen LogP contribution < -0.4 is 4.90 Å². The van der Waals surface area contributed by atoms with Crippen LogP contribution in [0.25, 0.3) is 0 Å². The molecule has 2 nitrogen and oxygen atoms in total. The Kier molecular flexibility index (Phi) is 2.83. The summed E-state index contributed by atoms with van der Waals surface area (Å²) < 4.78 is 0. The summed E-state index contributed by atoms with van der Waals surface area (Å²) in [5.74, 6) is 7.32. The molecule has 1 amide bonds. The van der Waals surface area contributed by atoms with Gasteiger partial charge < -0.3 is 4.90 Å². The minimum atomic E-state index is 0.209. The maximum atomic E-state index is 11.9. The van der Waals surface area contributed by atoms with Gasteiger partial charge in [0.05, 0.1) is 0 Å². The second-order valence-corrected chi connectivity index (χ2v) is 5.19. The van der Waals surface area contributed by atoms with Gasteiger partial charge in [0.1, 0.15) is 0 Å². The maximum Gasteiger partial charge on any atom is 0.226 e. The summed E-state index contributed by atoms with van der Waals surface area (Å²) >= 11 is 0. The fraction of sp³-hybridized carbons (Fsp3) is 0.438. The first-order valence-electron chi connectivity index (χ1n) is 6.65. The Bertz CT molecular complexity index is 546. The molecule has 1 saturated carbocycles. The van der Waals surface area contributed by atoms with Crippen LogP contribution in [-0.2, 0) is 11.2 Å². The first-order chi connectivity index (χ1) is 8.74. The van der Waals surface area contributed by atoms with Crippen molar-refractivity contribution in [3.8, 4) is 11.8 Å². The number of anilines is 1. The highest BCUT2D eigenvalue weighted by Crippen LogP contribution is 2.29. The van der Waals surface area contributed by atoms with E-state index in [1.807, 2.05) is 7.05 Å². The molecule has 0 atom stereocenters. The van der Waals surface area contributed by atoms with Gasteiger partial charge in [-0.2, -0.15) is 0 Å². The van der Waals surface area contributed by atoms with Gasteiger partial charge >= 0.3 is 0 Å². The Labute approximate surface area is 108 Å². The van der Waals surface area contributed by atoms with Gasteiger partial charge in [-0.05, 0) is 43.4 Å². The molecular formula is C16H17NO. The van der Waals surface area contributed by atoms with Gasteiger partial charge in [-0.25, -0.2) is 0 Å². The summed E-state index contributed by atoms with van der Waals surface area (Å²) in [4.78, 5) is 13.6. The molecular weight excluding hydrogens is 222 g/mol. The van der Waals surface area contributed by atoms with Gasteiger partial charge in [0.15, 0.2) is 0 Å². The van der Waals surface area contributed by atoms with E-state index in [4.69, 9.17) is 0 Å². The number of benzene rings is 1. The van der Waals surface area contributed by atoms with Gasteiger partial charge in [-0.15, -0.1) is 0 Å². The monoisotopic (exact) mass is 239 g/mol. The van der Waals surface area contributed by atoms with Crippen molar-refractivity contribution in [2.45, 2.75) is 32.1 Å². The van der Waals surface area contributed by atoms with Crippen molar-refractivity contribution in [1.82, 2.24) is 0 Å². The number of amides is 1. The average molecular weight is 239 g/mol. The summed E-state index contributed by atoms with van der Waals surface area (Å²) in [6.45, 7) is 0. The third-order valence-electron chi connectivity index (χ3n) is 3.66. The van der Waals surface area contributed by atoms with Crippen molar-refractivity contribution in [3.63, 3.8) is 0 Å². The van der Waals surface area contributed by atoms with Gasteiger partial charge in [-0.1, -0.05) is 17.9 Å². The molecule has 2 heteroatoms. The Morgan fingerprint density at radius 3 is 2.89 bits per heavy atom. The second-order valence-electron chi connectivity index (χ2n) is 5.19. The third-order valence-corrected chi connectivity index (χ3v) is 3.66. The zero-order chi connectivity index (χ0) is 12.5. The molecule has 1 fully saturated rings. The summed E-state index contributed by atoms with van der Waals surface area (Å²) in [6.07, 6.45) is 5.08. The van der Waals surface area contributed by atoms with E-state index in [9.17, 15) is 4.79 Å². The molecule has 0 aromatic heterocycles. The van der Waals surface area contributed by atoms with Crippen molar-refractivity contribution in [2.75, 3.05) is 11.9 Å².